The fraction of sp³-hybridized carbons (Fsp3) is 0.529. The van der Waals surface area contributed by atoms with Crippen LogP contribution in [0.5, 0.6) is 5.75 Å². The van der Waals surface area contributed by atoms with Gasteiger partial charge in [0.1, 0.15) is 12.3 Å². The lowest BCUT2D eigenvalue weighted by molar-refractivity contribution is -0.148. The molecule has 0 radical (unpaired) electrons. The summed E-state index contributed by atoms with van der Waals surface area (Å²) in [5, 5.41) is 8.97. The second kappa shape index (κ2) is 9.07. The Labute approximate surface area is 131 Å². The van der Waals surface area contributed by atoms with Gasteiger partial charge in [-0.2, -0.15) is 0 Å². The lowest BCUT2D eigenvalue weighted by atomic mass is 10.0. The third kappa shape index (κ3) is 5.76. The zero-order chi connectivity index (χ0) is 16.5. The van der Waals surface area contributed by atoms with Gasteiger partial charge in [-0.3, -0.25) is 9.59 Å². The third-order valence-corrected chi connectivity index (χ3v) is 3.70. The highest BCUT2D eigenvalue weighted by atomic mass is 16.5. The Bertz CT molecular complexity index is 475. The minimum absolute atomic E-state index is 0.0823. The molecule has 0 heterocycles. The predicted molar refractivity (Wildman–Crippen MR) is 84.8 cm³/mol. The van der Waals surface area contributed by atoms with Crippen LogP contribution in [0.25, 0.3) is 0 Å². The Morgan fingerprint density at radius 2 is 1.86 bits per heavy atom. The van der Waals surface area contributed by atoms with Crippen LogP contribution in [-0.4, -0.2) is 41.1 Å². The average Bonchev–Trinajstić information content (AvgIpc) is 2.52. The van der Waals surface area contributed by atoms with E-state index in [1.165, 1.54) is 4.90 Å². The first kappa shape index (κ1) is 18.0. The zero-order valence-electron chi connectivity index (χ0n) is 13.5. The number of amides is 1. The molecule has 0 saturated heterocycles. The number of hydrogen-bond acceptors (Lipinski definition) is 3. The third-order valence-electron chi connectivity index (χ3n) is 3.70. The minimum Gasteiger partial charge on any atom is -0.494 e. The average molecular weight is 307 g/mol. The molecule has 0 bridgehead atoms. The molecule has 0 aliphatic rings. The summed E-state index contributed by atoms with van der Waals surface area (Å²) in [4.78, 5) is 24.8. The molecule has 0 saturated carbocycles. The number of aliphatic carboxylic acids is 1. The summed E-state index contributed by atoms with van der Waals surface area (Å²) >= 11 is 0. The molecular weight excluding hydrogens is 282 g/mol. The van der Waals surface area contributed by atoms with E-state index < -0.39 is 5.97 Å². The summed E-state index contributed by atoms with van der Waals surface area (Å²) in [7, 11) is 0. The number of carboxylic acids is 1. The molecule has 22 heavy (non-hydrogen) atoms. The van der Waals surface area contributed by atoms with E-state index in [1.807, 2.05) is 51.1 Å². The first-order valence-corrected chi connectivity index (χ1v) is 7.65. The summed E-state index contributed by atoms with van der Waals surface area (Å²) in [6, 6.07) is 9.34. The lowest BCUT2D eigenvalue weighted by Crippen LogP contribution is -2.44. The van der Waals surface area contributed by atoms with E-state index in [2.05, 4.69) is 0 Å². The predicted octanol–water partition coefficient (Wildman–Crippen LogP) is 2.80. The second-order valence-electron chi connectivity index (χ2n) is 5.47. The van der Waals surface area contributed by atoms with Gasteiger partial charge in [0.25, 0.3) is 0 Å². The van der Waals surface area contributed by atoms with Crippen molar-refractivity contribution >= 4 is 11.9 Å². The fourth-order valence-corrected chi connectivity index (χ4v) is 2.09. The minimum atomic E-state index is -0.985. The van der Waals surface area contributed by atoms with Crippen LogP contribution in [0.15, 0.2) is 30.3 Å². The van der Waals surface area contributed by atoms with Crippen molar-refractivity contribution in [3.8, 4) is 5.75 Å². The molecule has 2 unspecified atom stereocenters. The van der Waals surface area contributed by atoms with Crippen molar-refractivity contribution in [3.63, 3.8) is 0 Å². The molecular formula is C17H25NO4. The van der Waals surface area contributed by atoms with Gasteiger partial charge in [0.05, 0.1) is 6.61 Å². The SMILES string of the molecule is CCC(C)N(CC(=O)O)C(=O)C(C)CCOc1ccccc1. The van der Waals surface area contributed by atoms with E-state index in [0.717, 1.165) is 12.2 Å². The molecule has 122 valence electrons. The first-order chi connectivity index (χ1) is 10.5. The number of rotatable bonds is 9. The molecule has 0 spiro atoms. The van der Waals surface area contributed by atoms with Gasteiger partial charge in [0.15, 0.2) is 0 Å². The highest BCUT2D eigenvalue weighted by molar-refractivity contribution is 5.83. The maximum atomic E-state index is 12.4. The van der Waals surface area contributed by atoms with Crippen LogP contribution in [0, 0.1) is 5.92 Å². The second-order valence-corrected chi connectivity index (χ2v) is 5.47. The van der Waals surface area contributed by atoms with Gasteiger partial charge in [-0.05, 0) is 31.9 Å². The van der Waals surface area contributed by atoms with Crippen LogP contribution >= 0.6 is 0 Å². The summed E-state index contributed by atoms with van der Waals surface area (Å²) in [5.74, 6) is -0.613. The molecule has 2 atom stereocenters. The van der Waals surface area contributed by atoms with Crippen LogP contribution in [0.1, 0.15) is 33.6 Å². The quantitative estimate of drug-likeness (QED) is 0.762. The summed E-state index contributed by atoms with van der Waals surface area (Å²) < 4.78 is 5.59. The van der Waals surface area contributed by atoms with E-state index in [1.54, 1.807) is 0 Å². The number of carboxylic acid groups (broad SMARTS) is 1. The zero-order valence-corrected chi connectivity index (χ0v) is 13.5. The highest BCUT2D eigenvalue weighted by Gasteiger charge is 2.25. The van der Waals surface area contributed by atoms with Gasteiger partial charge < -0.3 is 14.7 Å². The molecule has 5 nitrogen and oxygen atoms in total. The first-order valence-electron chi connectivity index (χ1n) is 7.65. The van der Waals surface area contributed by atoms with Crippen molar-refractivity contribution < 1.29 is 19.4 Å². The number of ether oxygens (including phenoxy) is 1. The molecule has 1 amide bonds. The van der Waals surface area contributed by atoms with Crippen LogP contribution < -0.4 is 4.74 Å². The Morgan fingerprint density at radius 3 is 2.41 bits per heavy atom. The van der Waals surface area contributed by atoms with E-state index in [-0.39, 0.29) is 24.4 Å². The number of benzene rings is 1. The van der Waals surface area contributed by atoms with Crippen molar-refractivity contribution in [2.75, 3.05) is 13.2 Å². The van der Waals surface area contributed by atoms with E-state index in [4.69, 9.17) is 9.84 Å². The van der Waals surface area contributed by atoms with E-state index >= 15 is 0 Å². The van der Waals surface area contributed by atoms with Gasteiger partial charge in [0, 0.05) is 12.0 Å². The van der Waals surface area contributed by atoms with Crippen molar-refractivity contribution in [1.29, 1.82) is 0 Å². The monoisotopic (exact) mass is 307 g/mol. The van der Waals surface area contributed by atoms with E-state index in [0.29, 0.717) is 13.0 Å². The standard InChI is InChI=1S/C17H25NO4/c1-4-14(3)18(12-16(19)20)17(21)13(2)10-11-22-15-8-6-5-7-9-15/h5-9,13-14H,4,10-12H2,1-3H3,(H,19,20). The summed E-state index contributed by atoms with van der Waals surface area (Å²) in [6.07, 6.45) is 1.28. The maximum Gasteiger partial charge on any atom is 0.323 e. The maximum absolute atomic E-state index is 12.4. The molecule has 5 heteroatoms. The Kier molecular flexibility index (Phi) is 7.43. The van der Waals surface area contributed by atoms with Crippen molar-refractivity contribution in [2.24, 2.45) is 5.92 Å². The molecule has 1 aromatic rings. The van der Waals surface area contributed by atoms with Crippen molar-refractivity contribution in [3.05, 3.63) is 30.3 Å². The number of carbonyl (C=O) groups is 2. The summed E-state index contributed by atoms with van der Waals surface area (Å²) in [6.45, 7) is 5.80. The largest absolute Gasteiger partial charge is 0.494 e. The molecule has 0 aliphatic heterocycles. The van der Waals surface area contributed by atoms with Gasteiger partial charge >= 0.3 is 5.97 Å². The molecule has 1 aromatic carbocycles. The lowest BCUT2D eigenvalue weighted by Gasteiger charge is -2.29. The number of hydrogen-bond donors (Lipinski definition) is 1. The highest BCUT2D eigenvalue weighted by Crippen LogP contribution is 2.14. The van der Waals surface area contributed by atoms with Crippen molar-refractivity contribution in [2.45, 2.75) is 39.7 Å². The molecule has 0 fully saturated rings. The van der Waals surface area contributed by atoms with E-state index in [9.17, 15) is 9.59 Å². The van der Waals surface area contributed by atoms with Crippen molar-refractivity contribution in [1.82, 2.24) is 4.90 Å². The van der Waals surface area contributed by atoms with Crippen LogP contribution in [-0.2, 0) is 9.59 Å². The molecule has 0 aliphatic carbocycles. The number of nitrogens with zero attached hydrogens (tertiary/aromatic N) is 1. The Hall–Kier alpha value is -2.04. The molecule has 1 N–H and O–H groups in total. The molecule has 1 rings (SSSR count). The number of para-hydroxylation sites is 1. The Morgan fingerprint density at radius 1 is 1.23 bits per heavy atom. The Balaban J connectivity index is 2.52. The normalized spacial score (nSPS) is 13.2. The van der Waals surface area contributed by atoms with Gasteiger partial charge in [0.2, 0.25) is 5.91 Å². The van der Waals surface area contributed by atoms with Gasteiger partial charge in [-0.1, -0.05) is 32.0 Å². The van der Waals surface area contributed by atoms with Crippen LogP contribution in [0.4, 0.5) is 0 Å². The van der Waals surface area contributed by atoms with Gasteiger partial charge in [-0.15, -0.1) is 0 Å². The smallest absolute Gasteiger partial charge is 0.323 e. The van der Waals surface area contributed by atoms with Crippen LogP contribution in [0.3, 0.4) is 0 Å². The number of carbonyl (C=O) groups excluding carboxylic acids is 1. The topological polar surface area (TPSA) is 66.8 Å². The fourth-order valence-electron chi connectivity index (χ4n) is 2.09. The van der Waals surface area contributed by atoms with Gasteiger partial charge in [-0.25, -0.2) is 0 Å². The molecule has 0 aromatic heterocycles. The van der Waals surface area contributed by atoms with Crippen LogP contribution in [0.2, 0.25) is 0 Å². The summed E-state index contributed by atoms with van der Waals surface area (Å²) in [5.41, 5.74) is 0.